The number of benzene rings is 10. The lowest BCUT2D eigenvalue weighted by molar-refractivity contribution is 0.630. The minimum absolute atomic E-state index is 0.311. The first-order valence-corrected chi connectivity index (χ1v) is 25.4. The SMILES string of the molecule is C[Si](C)(C)c1ccc(N(c2ccccc2)c2ccc3c(c2)oc2c4ccc(N(c5ccccc5)c5c(F)cc(-c6ccccc6)cc5-c5ccccc5)cc4c4ccccc4c32)cc1. The summed E-state index contributed by atoms with van der Waals surface area (Å²) in [5.41, 5.74) is 10.5. The molecule has 1 aromatic heterocycles. The molecule has 1 heterocycles. The largest absolute Gasteiger partial charge is 0.455 e. The van der Waals surface area contributed by atoms with Gasteiger partial charge in [-0.2, -0.15) is 0 Å². The van der Waals surface area contributed by atoms with E-state index >= 15 is 4.39 Å². The molecule has 0 unspecified atom stereocenters. The first-order chi connectivity index (χ1) is 31.3. The number of para-hydroxylation sites is 2. The second-order valence-electron chi connectivity index (χ2n) is 17.5. The average Bonchev–Trinajstić information content (AvgIpc) is 3.73. The van der Waals surface area contributed by atoms with E-state index < -0.39 is 8.07 Å². The first kappa shape index (κ1) is 39.1. The first-order valence-electron chi connectivity index (χ1n) is 21.9. The van der Waals surface area contributed by atoms with Gasteiger partial charge in [0.05, 0.1) is 13.8 Å². The topological polar surface area (TPSA) is 19.6 Å². The highest BCUT2D eigenvalue weighted by molar-refractivity contribution is 6.88. The number of nitrogens with zero attached hydrogens (tertiary/aromatic N) is 2. The molecule has 0 aliphatic carbocycles. The van der Waals surface area contributed by atoms with Crippen LogP contribution in [0.4, 0.5) is 38.5 Å². The third-order valence-electron chi connectivity index (χ3n) is 12.4. The number of halogens is 1. The molecular formula is C59H45FN2OSi. The molecule has 0 N–H and O–H groups in total. The predicted octanol–water partition coefficient (Wildman–Crippen LogP) is 16.9. The van der Waals surface area contributed by atoms with Gasteiger partial charge in [0.15, 0.2) is 0 Å². The van der Waals surface area contributed by atoms with Crippen LogP contribution in [0.5, 0.6) is 0 Å². The van der Waals surface area contributed by atoms with Gasteiger partial charge in [0.1, 0.15) is 17.0 Å². The summed E-state index contributed by atoms with van der Waals surface area (Å²) < 4.78 is 24.3. The molecule has 0 aliphatic heterocycles. The molecule has 0 aliphatic rings. The van der Waals surface area contributed by atoms with Crippen LogP contribution in [0.3, 0.4) is 0 Å². The van der Waals surface area contributed by atoms with Crippen LogP contribution in [0.2, 0.25) is 19.6 Å². The van der Waals surface area contributed by atoms with Gasteiger partial charge in [0.2, 0.25) is 0 Å². The molecule has 0 spiro atoms. The van der Waals surface area contributed by atoms with Crippen LogP contribution in [-0.2, 0) is 0 Å². The molecule has 0 fully saturated rings. The molecular weight excluding hydrogens is 800 g/mol. The van der Waals surface area contributed by atoms with E-state index in [-0.39, 0.29) is 5.82 Å². The van der Waals surface area contributed by atoms with Gasteiger partial charge in [-0.05, 0) is 112 Å². The molecule has 11 aromatic rings. The number of rotatable bonds is 9. The molecule has 64 heavy (non-hydrogen) atoms. The van der Waals surface area contributed by atoms with Crippen LogP contribution >= 0.6 is 0 Å². The number of hydrogen-bond donors (Lipinski definition) is 0. The highest BCUT2D eigenvalue weighted by atomic mass is 28.3. The summed E-state index contributed by atoms with van der Waals surface area (Å²) in [4.78, 5) is 4.36. The quantitative estimate of drug-likeness (QED) is 0.107. The summed E-state index contributed by atoms with van der Waals surface area (Å²) in [6.07, 6.45) is 0. The van der Waals surface area contributed by atoms with Crippen molar-refractivity contribution in [1.82, 2.24) is 0 Å². The molecule has 0 saturated heterocycles. The fraction of sp³-hybridized carbons (Fsp3) is 0.0508. The van der Waals surface area contributed by atoms with Crippen molar-refractivity contribution in [2.45, 2.75) is 19.6 Å². The zero-order chi connectivity index (χ0) is 43.4. The minimum atomic E-state index is -1.48. The van der Waals surface area contributed by atoms with Gasteiger partial charge in [0, 0.05) is 56.2 Å². The van der Waals surface area contributed by atoms with Crippen molar-refractivity contribution in [3.63, 3.8) is 0 Å². The van der Waals surface area contributed by atoms with Gasteiger partial charge in [0.25, 0.3) is 0 Å². The van der Waals surface area contributed by atoms with Gasteiger partial charge < -0.3 is 14.2 Å². The van der Waals surface area contributed by atoms with Crippen molar-refractivity contribution in [3.05, 3.63) is 224 Å². The van der Waals surface area contributed by atoms with Crippen LogP contribution in [0.15, 0.2) is 223 Å². The Kier molecular flexibility index (Phi) is 9.71. The summed E-state index contributed by atoms with van der Waals surface area (Å²) >= 11 is 0. The monoisotopic (exact) mass is 844 g/mol. The van der Waals surface area contributed by atoms with Crippen LogP contribution in [0.1, 0.15) is 0 Å². The molecule has 0 bridgehead atoms. The lowest BCUT2D eigenvalue weighted by Crippen LogP contribution is -2.37. The molecule has 0 saturated carbocycles. The van der Waals surface area contributed by atoms with Crippen molar-refractivity contribution >= 4 is 90.9 Å². The summed E-state index contributed by atoms with van der Waals surface area (Å²) in [7, 11) is -1.48. The Hall–Kier alpha value is -7.73. The summed E-state index contributed by atoms with van der Waals surface area (Å²) in [6.45, 7) is 7.14. The van der Waals surface area contributed by atoms with Gasteiger partial charge in [-0.15, -0.1) is 0 Å². The molecule has 5 heteroatoms. The molecule has 0 amide bonds. The maximum absolute atomic E-state index is 17.3. The Balaban J connectivity index is 1.11. The molecule has 11 rings (SSSR count). The fourth-order valence-corrected chi connectivity index (χ4v) is 10.5. The van der Waals surface area contributed by atoms with E-state index in [1.165, 1.54) is 5.19 Å². The Morgan fingerprint density at radius 3 is 1.55 bits per heavy atom. The van der Waals surface area contributed by atoms with Gasteiger partial charge in [-0.1, -0.05) is 158 Å². The predicted molar refractivity (Wildman–Crippen MR) is 272 cm³/mol. The van der Waals surface area contributed by atoms with Crippen molar-refractivity contribution in [2.75, 3.05) is 9.80 Å². The zero-order valence-electron chi connectivity index (χ0n) is 36.0. The van der Waals surface area contributed by atoms with Crippen molar-refractivity contribution in [3.8, 4) is 22.3 Å². The molecule has 0 radical (unpaired) electrons. The number of furan rings is 1. The van der Waals surface area contributed by atoms with Crippen molar-refractivity contribution in [2.24, 2.45) is 0 Å². The highest BCUT2D eigenvalue weighted by Crippen LogP contribution is 2.48. The Morgan fingerprint density at radius 1 is 0.391 bits per heavy atom. The molecule has 3 nitrogen and oxygen atoms in total. The number of hydrogen-bond acceptors (Lipinski definition) is 3. The lowest BCUT2D eigenvalue weighted by Gasteiger charge is -2.29. The van der Waals surface area contributed by atoms with E-state index in [9.17, 15) is 0 Å². The van der Waals surface area contributed by atoms with Gasteiger partial charge in [-0.3, -0.25) is 0 Å². The van der Waals surface area contributed by atoms with E-state index in [1.54, 1.807) is 6.07 Å². The molecule has 308 valence electrons. The second-order valence-corrected chi connectivity index (χ2v) is 22.6. The van der Waals surface area contributed by atoms with Crippen molar-refractivity contribution in [1.29, 1.82) is 0 Å². The summed E-state index contributed by atoms with van der Waals surface area (Å²) in [5, 5.41) is 7.78. The average molecular weight is 845 g/mol. The van der Waals surface area contributed by atoms with Crippen LogP contribution < -0.4 is 15.0 Å². The van der Waals surface area contributed by atoms with Gasteiger partial charge >= 0.3 is 0 Å². The molecule has 0 atom stereocenters. The second kappa shape index (κ2) is 15.9. The Bertz CT molecular complexity index is 3470. The van der Waals surface area contributed by atoms with E-state index in [1.807, 2.05) is 78.9 Å². The Labute approximate surface area is 373 Å². The van der Waals surface area contributed by atoms with E-state index in [0.29, 0.717) is 5.69 Å². The minimum Gasteiger partial charge on any atom is -0.455 e. The van der Waals surface area contributed by atoms with Crippen LogP contribution in [0.25, 0.3) is 65.7 Å². The fourth-order valence-electron chi connectivity index (χ4n) is 9.29. The maximum atomic E-state index is 17.3. The van der Waals surface area contributed by atoms with E-state index in [2.05, 4.69) is 163 Å². The summed E-state index contributed by atoms with van der Waals surface area (Å²) in [5.74, 6) is -0.311. The van der Waals surface area contributed by atoms with Crippen molar-refractivity contribution < 1.29 is 8.81 Å². The maximum Gasteiger partial charge on any atom is 0.148 e. The van der Waals surface area contributed by atoms with E-state index in [0.717, 1.165) is 94.2 Å². The van der Waals surface area contributed by atoms with E-state index in [4.69, 9.17) is 4.42 Å². The standard InChI is InChI=1S/C59H45FN2OSi/c1-64(2,3)48-32-28-45(29-33-48)61(43-22-12-6-13-23-43)47-31-35-52-56(39-47)63-59-51-34-30-46(38-54(51)49-26-16-17-27-50(49)57(52)59)62(44-24-14-7-15-25-44)58-53(41-20-10-5-11-21-41)36-42(37-55(58)60)40-18-8-4-9-19-40/h4-39H,1-3H3. The molecule has 10 aromatic carbocycles. The van der Waals surface area contributed by atoms with Gasteiger partial charge in [-0.25, -0.2) is 4.39 Å². The zero-order valence-corrected chi connectivity index (χ0v) is 37.0. The lowest BCUT2D eigenvalue weighted by atomic mass is 9.94. The van der Waals surface area contributed by atoms with Crippen LogP contribution in [-0.4, -0.2) is 8.07 Å². The normalized spacial score (nSPS) is 11.8. The smallest absolute Gasteiger partial charge is 0.148 e. The summed E-state index contributed by atoms with van der Waals surface area (Å²) in [6, 6.07) is 75.2. The third kappa shape index (κ3) is 6.91. The number of anilines is 6. The van der Waals surface area contributed by atoms with Crippen LogP contribution in [0, 0.1) is 5.82 Å². The number of fused-ring (bicyclic) bond motifs is 8. The third-order valence-corrected chi connectivity index (χ3v) is 14.5. The Morgan fingerprint density at radius 2 is 0.906 bits per heavy atom. The highest BCUT2D eigenvalue weighted by Gasteiger charge is 2.25.